The van der Waals surface area contributed by atoms with E-state index in [1.165, 1.54) is 25.7 Å². The molecule has 0 aromatic carbocycles. The van der Waals surface area contributed by atoms with Gasteiger partial charge < -0.3 is 14.2 Å². The topological polar surface area (TPSA) is 78.9 Å². The van der Waals surface area contributed by atoms with Gasteiger partial charge >= 0.3 is 17.9 Å². The molecule has 0 saturated carbocycles. The van der Waals surface area contributed by atoms with Crippen LogP contribution >= 0.6 is 0 Å². The monoisotopic (exact) mass is 901 g/mol. The number of esters is 3. The van der Waals surface area contributed by atoms with Crippen LogP contribution in [0, 0.1) is 0 Å². The lowest BCUT2D eigenvalue weighted by Crippen LogP contribution is -2.30. The molecule has 0 aliphatic carbocycles. The van der Waals surface area contributed by atoms with Gasteiger partial charge in [0.1, 0.15) is 13.2 Å². The molecule has 0 saturated heterocycles. The molecule has 368 valence electrons. The van der Waals surface area contributed by atoms with Gasteiger partial charge in [0.05, 0.1) is 0 Å². The maximum atomic E-state index is 12.8. The van der Waals surface area contributed by atoms with Crippen LogP contribution in [0.15, 0.2) is 109 Å². The minimum atomic E-state index is -0.799. The number of ether oxygens (including phenoxy) is 3. The van der Waals surface area contributed by atoms with Crippen LogP contribution in [0.2, 0.25) is 0 Å². The van der Waals surface area contributed by atoms with Gasteiger partial charge in [0.2, 0.25) is 0 Å². The first kappa shape index (κ1) is 61.1. The molecular formula is C59H96O6. The number of rotatable bonds is 46. The Balaban J connectivity index is 4.44. The summed E-state index contributed by atoms with van der Waals surface area (Å²) in [4.78, 5) is 38.0. The van der Waals surface area contributed by atoms with Crippen LogP contribution in [-0.2, 0) is 28.6 Å². The largest absolute Gasteiger partial charge is 0.462 e. The zero-order valence-electron chi connectivity index (χ0n) is 42.0. The number of carbonyl (C=O) groups excluding carboxylic acids is 3. The summed E-state index contributed by atoms with van der Waals surface area (Å²) in [5.41, 5.74) is 0. The molecule has 0 rings (SSSR count). The third-order valence-electron chi connectivity index (χ3n) is 10.8. The molecule has 0 aliphatic rings. The summed E-state index contributed by atoms with van der Waals surface area (Å²) < 4.78 is 16.8. The van der Waals surface area contributed by atoms with Crippen LogP contribution < -0.4 is 0 Å². The van der Waals surface area contributed by atoms with Gasteiger partial charge in [-0.05, 0) is 116 Å². The second-order valence-corrected chi connectivity index (χ2v) is 17.0. The van der Waals surface area contributed by atoms with Gasteiger partial charge in [-0.3, -0.25) is 14.4 Å². The van der Waals surface area contributed by atoms with Crippen molar-refractivity contribution in [2.75, 3.05) is 13.2 Å². The van der Waals surface area contributed by atoms with Gasteiger partial charge in [0.25, 0.3) is 0 Å². The Morgan fingerprint density at radius 1 is 0.308 bits per heavy atom. The number of unbranched alkanes of at least 4 members (excludes halogenated alkanes) is 17. The van der Waals surface area contributed by atoms with Crippen molar-refractivity contribution in [3.8, 4) is 0 Å². The molecule has 0 aromatic rings. The zero-order chi connectivity index (χ0) is 47.2. The smallest absolute Gasteiger partial charge is 0.306 e. The SMILES string of the molecule is CC/C=C\C/C=C\C/C=C\C/C=C\CCCCCCCCC(=O)OCC(COC(=O)CCCCCCC/C=C\C/C=C\CC)OC(=O)CCCCCCCC/C=C\C/C=C\C/C=C\CC. The van der Waals surface area contributed by atoms with E-state index in [0.717, 1.165) is 161 Å². The predicted octanol–water partition coefficient (Wildman–Crippen LogP) is 17.5. The summed E-state index contributed by atoms with van der Waals surface area (Å²) in [6.07, 6.45) is 70.7. The van der Waals surface area contributed by atoms with Crippen molar-refractivity contribution in [3.63, 3.8) is 0 Å². The maximum absolute atomic E-state index is 12.8. The molecule has 0 amide bonds. The van der Waals surface area contributed by atoms with Crippen LogP contribution in [0.25, 0.3) is 0 Å². The Kier molecular flexibility index (Phi) is 49.5. The highest BCUT2D eigenvalue weighted by molar-refractivity contribution is 5.71. The molecule has 0 radical (unpaired) electrons. The molecule has 6 heteroatoms. The van der Waals surface area contributed by atoms with Crippen molar-refractivity contribution in [3.05, 3.63) is 109 Å². The Labute approximate surface area is 400 Å². The molecule has 1 atom stereocenters. The molecule has 0 aromatic heterocycles. The van der Waals surface area contributed by atoms with Crippen LogP contribution in [0.3, 0.4) is 0 Å². The van der Waals surface area contributed by atoms with Gasteiger partial charge in [0.15, 0.2) is 6.10 Å². The fourth-order valence-corrected chi connectivity index (χ4v) is 6.90. The molecule has 0 bridgehead atoms. The normalized spacial score (nSPS) is 13.0. The van der Waals surface area contributed by atoms with Gasteiger partial charge in [-0.2, -0.15) is 0 Å². The first-order valence-corrected chi connectivity index (χ1v) is 26.4. The van der Waals surface area contributed by atoms with Crippen molar-refractivity contribution >= 4 is 17.9 Å². The average molecular weight is 901 g/mol. The highest BCUT2D eigenvalue weighted by atomic mass is 16.6. The van der Waals surface area contributed by atoms with E-state index in [1.807, 2.05) is 0 Å². The summed E-state index contributed by atoms with van der Waals surface area (Å²) in [6, 6.07) is 0. The lowest BCUT2D eigenvalue weighted by molar-refractivity contribution is -0.167. The van der Waals surface area contributed by atoms with Crippen molar-refractivity contribution in [2.45, 2.75) is 232 Å². The first-order valence-electron chi connectivity index (χ1n) is 26.4. The molecule has 6 nitrogen and oxygen atoms in total. The first-order chi connectivity index (χ1) is 32.0. The number of hydrogen-bond acceptors (Lipinski definition) is 6. The summed E-state index contributed by atoms with van der Waals surface area (Å²) in [5, 5.41) is 0. The Bertz CT molecular complexity index is 1360. The number of carbonyl (C=O) groups is 3. The van der Waals surface area contributed by atoms with Gasteiger partial charge in [-0.25, -0.2) is 0 Å². The van der Waals surface area contributed by atoms with Crippen LogP contribution in [-0.4, -0.2) is 37.2 Å². The molecule has 0 heterocycles. The lowest BCUT2D eigenvalue weighted by atomic mass is 10.1. The molecule has 65 heavy (non-hydrogen) atoms. The quantitative estimate of drug-likeness (QED) is 0.0262. The van der Waals surface area contributed by atoms with E-state index in [0.29, 0.717) is 19.3 Å². The van der Waals surface area contributed by atoms with Crippen molar-refractivity contribution < 1.29 is 28.6 Å². The van der Waals surface area contributed by atoms with Crippen LogP contribution in [0.5, 0.6) is 0 Å². The summed E-state index contributed by atoms with van der Waals surface area (Å²) in [6.45, 7) is 6.26. The summed E-state index contributed by atoms with van der Waals surface area (Å²) in [7, 11) is 0. The fraction of sp³-hybridized carbons (Fsp3) is 0.644. The minimum Gasteiger partial charge on any atom is -0.462 e. The van der Waals surface area contributed by atoms with Crippen LogP contribution in [0.1, 0.15) is 226 Å². The van der Waals surface area contributed by atoms with Crippen molar-refractivity contribution in [2.24, 2.45) is 0 Å². The molecule has 0 aliphatic heterocycles. The highest BCUT2D eigenvalue weighted by Gasteiger charge is 2.19. The van der Waals surface area contributed by atoms with E-state index in [2.05, 4.69) is 130 Å². The molecule has 0 N–H and O–H groups in total. The van der Waals surface area contributed by atoms with E-state index in [9.17, 15) is 14.4 Å². The fourth-order valence-electron chi connectivity index (χ4n) is 6.90. The van der Waals surface area contributed by atoms with E-state index < -0.39 is 6.10 Å². The molecular weight excluding hydrogens is 805 g/mol. The molecule has 0 spiro atoms. The third-order valence-corrected chi connectivity index (χ3v) is 10.8. The van der Waals surface area contributed by atoms with Crippen LogP contribution in [0.4, 0.5) is 0 Å². The molecule has 1 unspecified atom stereocenters. The highest BCUT2D eigenvalue weighted by Crippen LogP contribution is 2.14. The van der Waals surface area contributed by atoms with E-state index in [-0.39, 0.29) is 31.1 Å². The lowest BCUT2D eigenvalue weighted by Gasteiger charge is -2.18. The minimum absolute atomic E-state index is 0.0976. The van der Waals surface area contributed by atoms with Crippen molar-refractivity contribution in [1.82, 2.24) is 0 Å². The second-order valence-electron chi connectivity index (χ2n) is 17.0. The van der Waals surface area contributed by atoms with E-state index >= 15 is 0 Å². The number of hydrogen-bond donors (Lipinski definition) is 0. The molecule has 0 fully saturated rings. The van der Waals surface area contributed by atoms with E-state index in [1.54, 1.807) is 0 Å². The Morgan fingerprint density at radius 2 is 0.554 bits per heavy atom. The predicted molar refractivity (Wildman–Crippen MR) is 279 cm³/mol. The van der Waals surface area contributed by atoms with E-state index in [4.69, 9.17) is 14.2 Å². The maximum Gasteiger partial charge on any atom is 0.306 e. The Hall–Kier alpha value is -3.93. The number of allylic oxidation sites excluding steroid dienone is 18. The van der Waals surface area contributed by atoms with Crippen molar-refractivity contribution in [1.29, 1.82) is 0 Å². The summed E-state index contributed by atoms with van der Waals surface area (Å²) in [5.74, 6) is -0.943. The third kappa shape index (κ3) is 50.9. The van der Waals surface area contributed by atoms with Gasteiger partial charge in [-0.1, -0.05) is 201 Å². The Morgan fingerprint density at radius 3 is 0.862 bits per heavy atom. The second kappa shape index (κ2) is 52.7. The zero-order valence-corrected chi connectivity index (χ0v) is 42.0. The standard InChI is InChI=1S/C59H96O6/c1-4-7-10-13-16-19-22-25-27-29-30-31-33-34-37-40-43-46-49-52-58(61)64-55-56(54-63-57(60)51-48-45-42-39-36-24-21-18-15-12-9-6-3)65-59(62)53-50-47-44-41-38-35-32-28-26-23-20-17-14-11-8-5-2/h7-12,16-21,25-28,30-31,56H,4-6,13-15,22-24,29,32-55H2,1-3H3/b10-7-,11-8-,12-9-,19-16-,20-17-,21-18-,27-25-,28-26-,31-30-. The van der Waals surface area contributed by atoms with Gasteiger partial charge in [-0.15, -0.1) is 0 Å². The summed E-state index contributed by atoms with van der Waals surface area (Å²) >= 11 is 0. The average Bonchev–Trinajstić information content (AvgIpc) is 3.30. The van der Waals surface area contributed by atoms with Gasteiger partial charge in [0, 0.05) is 19.3 Å².